The van der Waals surface area contributed by atoms with Gasteiger partial charge in [0, 0.05) is 7.77 Å². The van der Waals surface area contributed by atoms with Crippen LogP contribution >= 0.6 is 0 Å². The molecular weight excluding hydrogens is 208 g/mol. The highest BCUT2D eigenvalue weighted by atomic mass is 16.3. The second-order valence-electron chi connectivity index (χ2n) is 4.44. The van der Waals surface area contributed by atoms with Crippen LogP contribution in [0, 0.1) is 13.8 Å². The standard InChI is InChI=1S/C16H18O/c1-12-5-3-7-14(9-12)11-16(17)15-8-4-6-13(2)10-15/h3-10,16-17H,11H2,1-2H3/i11D. The fourth-order valence-electron chi connectivity index (χ4n) is 1.91. The fraction of sp³-hybridized carbons (Fsp3) is 0.250. The third kappa shape index (κ3) is 3.18. The summed E-state index contributed by atoms with van der Waals surface area (Å²) in [5, 5.41) is 10.3. The third-order valence-corrected chi connectivity index (χ3v) is 2.78. The molecule has 1 heteroatoms. The molecule has 17 heavy (non-hydrogen) atoms. The minimum atomic E-state index is -0.785. The Morgan fingerprint density at radius 1 is 1.06 bits per heavy atom. The maximum absolute atomic E-state index is 10.3. The Morgan fingerprint density at radius 2 is 1.71 bits per heavy atom. The molecule has 0 saturated heterocycles. The van der Waals surface area contributed by atoms with Gasteiger partial charge in [0.25, 0.3) is 0 Å². The Hall–Kier alpha value is -1.60. The van der Waals surface area contributed by atoms with Crippen molar-refractivity contribution in [1.82, 2.24) is 0 Å². The van der Waals surface area contributed by atoms with Crippen molar-refractivity contribution in [3.8, 4) is 0 Å². The largest absolute Gasteiger partial charge is 0.388 e. The molecule has 0 fully saturated rings. The van der Waals surface area contributed by atoms with Gasteiger partial charge >= 0.3 is 0 Å². The van der Waals surface area contributed by atoms with Gasteiger partial charge in [0.05, 0.1) is 6.10 Å². The van der Waals surface area contributed by atoms with Gasteiger partial charge < -0.3 is 5.11 Å². The zero-order valence-electron chi connectivity index (χ0n) is 11.2. The predicted molar refractivity (Wildman–Crippen MR) is 71.0 cm³/mol. The van der Waals surface area contributed by atoms with E-state index in [0.717, 1.165) is 22.3 Å². The Kier molecular flexibility index (Phi) is 3.20. The molecule has 0 radical (unpaired) electrons. The van der Waals surface area contributed by atoms with Crippen molar-refractivity contribution < 1.29 is 6.48 Å². The molecule has 0 aliphatic rings. The maximum atomic E-state index is 10.3. The first-order valence-electron chi connectivity index (χ1n) is 6.39. The van der Waals surface area contributed by atoms with Crippen molar-refractivity contribution in [3.05, 3.63) is 70.8 Å². The van der Waals surface area contributed by atoms with Gasteiger partial charge in [-0.2, -0.15) is 0 Å². The molecule has 2 aromatic rings. The summed E-state index contributed by atoms with van der Waals surface area (Å²) in [5.41, 5.74) is 3.87. The van der Waals surface area contributed by atoms with Gasteiger partial charge in [-0.1, -0.05) is 59.7 Å². The number of rotatable bonds is 3. The van der Waals surface area contributed by atoms with Crippen LogP contribution in [0.4, 0.5) is 0 Å². The second-order valence-corrected chi connectivity index (χ2v) is 4.44. The lowest BCUT2D eigenvalue weighted by atomic mass is 9.99. The molecule has 0 aromatic heterocycles. The van der Waals surface area contributed by atoms with Crippen molar-refractivity contribution in [2.75, 3.05) is 0 Å². The summed E-state index contributed by atoms with van der Waals surface area (Å²) in [5.74, 6) is 0. The molecular formula is C16H18O. The van der Waals surface area contributed by atoms with Crippen LogP contribution in [0.1, 0.15) is 29.7 Å². The molecule has 2 atom stereocenters. The summed E-state index contributed by atoms with van der Waals surface area (Å²) in [4.78, 5) is 0. The monoisotopic (exact) mass is 227 g/mol. The van der Waals surface area contributed by atoms with E-state index in [1.165, 1.54) is 0 Å². The summed E-state index contributed by atoms with van der Waals surface area (Å²) in [7, 11) is 0. The molecule has 0 heterocycles. The molecule has 0 saturated carbocycles. The lowest BCUT2D eigenvalue weighted by Gasteiger charge is -2.12. The zero-order valence-corrected chi connectivity index (χ0v) is 10.2. The van der Waals surface area contributed by atoms with Gasteiger partial charge in [-0.15, -0.1) is 0 Å². The number of aryl methyl sites for hydroxylation is 2. The minimum absolute atomic E-state index is 0.647. The molecule has 0 bridgehead atoms. The van der Waals surface area contributed by atoms with E-state index < -0.39 is 12.5 Å². The lowest BCUT2D eigenvalue weighted by molar-refractivity contribution is 0.178. The zero-order chi connectivity index (χ0) is 13.1. The normalized spacial score (nSPS) is 15.1. The highest BCUT2D eigenvalue weighted by Crippen LogP contribution is 2.19. The number of hydrogen-bond acceptors (Lipinski definition) is 1. The highest BCUT2D eigenvalue weighted by molar-refractivity contribution is 5.28. The Morgan fingerprint density at radius 3 is 2.35 bits per heavy atom. The topological polar surface area (TPSA) is 20.2 Å². The summed E-state index contributed by atoms with van der Waals surface area (Å²) in [6.07, 6.45) is -1.43. The van der Waals surface area contributed by atoms with E-state index in [4.69, 9.17) is 1.37 Å². The minimum Gasteiger partial charge on any atom is -0.388 e. The SMILES string of the molecule is [2H]C(c1cccc(C)c1)C(O)c1cccc(C)c1. The first-order valence-corrected chi connectivity index (χ1v) is 5.81. The molecule has 1 nitrogen and oxygen atoms in total. The highest BCUT2D eigenvalue weighted by Gasteiger charge is 2.08. The molecule has 0 spiro atoms. The number of aliphatic hydroxyl groups is 1. The van der Waals surface area contributed by atoms with Gasteiger partial charge in [-0.05, 0) is 25.0 Å². The van der Waals surface area contributed by atoms with Gasteiger partial charge in [-0.3, -0.25) is 0 Å². The first-order chi connectivity index (χ1) is 8.58. The lowest BCUT2D eigenvalue weighted by Crippen LogP contribution is -2.02. The fourth-order valence-corrected chi connectivity index (χ4v) is 1.91. The van der Waals surface area contributed by atoms with E-state index in [1.807, 2.05) is 62.4 Å². The molecule has 0 amide bonds. The Balaban J connectivity index is 2.26. The summed E-state index contributed by atoms with van der Waals surface area (Å²) < 4.78 is 8.17. The molecule has 2 aromatic carbocycles. The first kappa shape index (κ1) is 10.5. The van der Waals surface area contributed by atoms with Crippen molar-refractivity contribution in [1.29, 1.82) is 0 Å². The van der Waals surface area contributed by atoms with Gasteiger partial charge in [-0.25, -0.2) is 0 Å². The summed E-state index contributed by atoms with van der Waals surface area (Å²) in [6.45, 7) is 3.98. The molecule has 0 aliphatic heterocycles. The molecule has 2 rings (SSSR count). The second kappa shape index (κ2) is 5.15. The third-order valence-electron chi connectivity index (χ3n) is 2.78. The van der Waals surface area contributed by atoms with Crippen molar-refractivity contribution in [2.24, 2.45) is 0 Å². The predicted octanol–water partition coefficient (Wildman–Crippen LogP) is 3.58. The van der Waals surface area contributed by atoms with Crippen LogP contribution in [0.5, 0.6) is 0 Å². The van der Waals surface area contributed by atoms with E-state index in [2.05, 4.69) is 0 Å². The van der Waals surface area contributed by atoms with Gasteiger partial charge in [0.1, 0.15) is 0 Å². The smallest absolute Gasteiger partial charge is 0.0830 e. The summed E-state index contributed by atoms with van der Waals surface area (Å²) in [6, 6.07) is 15.5. The number of benzene rings is 2. The van der Waals surface area contributed by atoms with Crippen LogP contribution in [0.2, 0.25) is 0 Å². The molecule has 2 unspecified atom stereocenters. The van der Waals surface area contributed by atoms with Crippen LogP contribution in [0.25, 0.3) is 0 Å². The van der Waals surface area contributed by atoms with E-state index in [9.17, 15) is 5.11 Å². The van der Waals surface area contributed by atoms with Crippen LogP contribution in [-0.4, -0.2) is 5.11 Å². The Labute approximate surface area is 104 Å². The Bertz CT molecular complexity index is 487. The quantitative estimate of drug-likeness (QED) is 0.849. The van der Waals surface area contributed by atoms with E-state index in [0.29, 0.717) is 0 Å². The van der Waals surface area contributed by atoms with Gasteiger partial charge in [0.15, 0.2) is 0 Å². The van der Waals surface area contributed by atoms with Crippen LogP contribution in [0.15, 0.2) is 48.5 Å². The van der Waals surface area contributed by atoms with Crippen molar-refractivity contribution in [3.63, 3.8) is 0 Å². The average Bonchev–Trinajstić information content (AvgIpc) is 2.37. The van der Waals surface area contributed by atoms with Crippen molar-refractivity contribution >= 4 is 0 Å². The van der Waals surface area contributed by atoms with Crippen LogP contribution in [-0.2, 0) is 6.40 Å². The molecule has 88 valence electrons. The average molecular weight is 227 g/mol. The van der Waals surface area contributed by atoms with Gasteiger partial charge in [0.2, 0.25) is 0 Å². The van der Waals surface area contributed by atoms with E-state index in [1.54, 1.807) is 0 Å². The number of aliphatic hydroxyl groups excluding tert-OH is 1. The van der Waals surface area contributed by atoms with E-state index in [-0.39, 0.29) is 0 Å². The van der Waals surface area contributed by atoms with Crippen LogP contribution in [0.3, 0.4) is 0 Å². The number of hydrogen-bond donors (Lipinski definition) is 1. The molecule has 1 N–H and O–H groups in total. The van der Waals surface area contributed by atoms with E-state index >= 15 is 0 Å². The maximum Gasteiger partial charge on any atom is 0.0830 e. The molecule has 0 aliphatic carbocycles. The summed E-state index contributed by atoms with van der Waals surface area (Å²) >= 11 is 0. The van der Waals surface area contributed by atoms with Crippen LogP contribution < -0.4 is 0 Å². The van der Waals surface area contributed by atoms with Crippen molar-refractivity contribution in [2.45, 2.75) is 26.3 Å².